The second-order valence-electron chi connectivity index (χ2n) is 23.3. The predicted molar refractivity (Wildman–Crippen MR) is 334 cm³/mol. The third-order valence-corrected chi connectivity index (χ3v) is 17.5. The minimum Gasteiger partial charge on any atom is -0.0654 e. The fourth-order valence-corrected chi connectivity index (χ4v) is 12.5. The molecule has 3 heteroatoms. The summed E-state index contributed by atoms with van der Waals surface area (Å²) in [6.07, 6.45) is 66.5. The molecule has 2 aromatic carbocycles. The summed E-state index contributed by atoms with van der Waals surface area (Å²) in [7, 11) is 0. The van der Waals surface area contributed by atoms with Crippen LogP contribution < -0.4 is 0 Å². The van der Waals surface area contributed by atoms with Gasteiger partial charge in [-0.2, -0.15) is 0 Å². The van der Waals surface area contributed by atoms with Crippen LogP contribution in [0.2, 0.25) is 10.8 Å². The Kier molecular flexibility index (Phi) is 47.4. The number of nitrogens with zero attached hydrogens (tertiary/aromatic N) is 2. The molecule has 0 amide bonds. The monoisotopic (exact) mass is 1080 g/mol. The summed E-state index contributed by atoms with van der Waals surface area (Å²) < 4.78 is 1.55. The molecule has 0 atom stereocenters. The van der Waals surface area contributed by atoms with E-state index in [9.17, 15) is 5.53 Å². The summed E-state index contributed by atoms with van der Waals surface area (Å²) in [4.78, 5) is 0. The quantitative estimate of drug-likeness (QED) is 0.0358. The Hall–Kier alpha value is -1.99. The van der Waals surface area contributed by atoms with Crippen molar-refractivity contribution in [1.82, 2.24) is 0 Å². The van der Waals surface area contributed by atoms with E-state index in [0.717, 1.165) is 61.0 Å². The first kappa shape index (κ1) is 69.1. The molecule has 75 heavy (non-hydrogen) atoms. The molecule has 1 heterocycles. The van der Waals surface area contributed by atoms with Crippen LogP contribution >= 0.6 is 0 Å². The third kappa shape index (κ3) is 35.3. The molecule has 2 nitrogen and oxygen atoms in total. The van der Waals surface area contributed by atoms with Gasteiger partial charge >= 0.3 is 166 Å². The Balaban J connectivity index is 0.000000514. The first-order chi connectivity index (χ1) is 37.1. The molecule has 3 rings (SSSR count). The number of rotatable bonds is 52. The van der Waals surface area contributed by atoms with E-state index in [1.165, 1.54) is 303 Å². The molecule has 0 radical (unpaired) electrons. The molecule has 0 aromatic heterocycles. The Morgan fingerprint density at radius 1 is 0.293 bits per heavy atom. The molecule has 0 spiro atoms. The van der Waals surface area contributed by atoms with Gasteiger partial charge in [-0.05, 0) is 86.8 Å². The van der Waals surface area contributed by atoms with Gasteiger partial charge in [0.2, 0.25) is 11.4 Å². The van der Waals surface area contributed by atoms with Gasteiger partial charge in [0, 0.05) is 22.3 Å². The number of hydrogen-bond acceptors (Lipinski definition) is 0. The van der Waals surface area contributed by atoms with Gasteiger partial charge in [-0.25, -0.2) is 4.70 Å². The van der Waals surface area contributed by atoms with Gasteiger partial charge in [-0.3, -0.25) is 0 Å². The number of benzene rings is 2. The molecular formula is C72H126N2Ni. The Morgan fingerprint density at radius 3 is 0.853 bits per heavy atom. The van der Waals surface area contributed by atoms with Crippen molar-refractivity contribution in [1.29, 1.82) is 0 Å². The van der Waals surface area contributed by atoms with E-state index < -0.39 is 0 Å². The third-order valence-electron chi connectivity index (χ3n) is 16.1. The molecular weight excluding hydrogens is 951 g/mol. The van der Waals surface area contributed by atoms with Crippen molar-refractivity contribution in [3.8, 4) is 0 Å². The van der Waals surface area contributed by atoms with E-state index in [4.69, 9.17) is 0 Å². The minimum atomic E-state index is 1.02. The van der Waals surface area contributed by atoms with E-state index in [2.05, 4.69) is 90.1 Å². The first-order valence-corrected chi connectivity index (χ1v) is 35.0. The molecule has 1 aliphatic heterocycles. The molecule has 1 aliphatic rings. The summed E-state index contributed by atoms with van der Waals surface area (Å²) in [6.45, 7) is 13.6. The number of hydrogen-bond donors (Lipinski definition) is 0. The Morgan fingerprint density at radius 2 is 0.547 bits per heavy atom. The molecule has 0 N–H and O–H groups in total. The topological polar surface area (TPSA) is 25.3 Å². The van der Waals surface area contributed by atoms with E-state index in [1.54, 1.807) is 4.70 Å². The standard InChI is InChI=1S/C34H48N2.2C19H39.Ni/c1-5-9-13-14-24-32-31(23-12-8-4)33(29-21-15-19-27(25-29)17-10-6-2)36(35)34(32)30-22-16-20-28(26-30)18-11-7-3;2*1-3-5-7-9-11-13-15-17-19-18-16-14-12-10-8-6-4-2;/h15-16,19-22,25-26H,5-14,17-18,23-24H2,1-4H3;2*1,3-19H2,2H3;. The van der Waals surface area contributed by atoms with Crippen molar-refractivity contribution in [2.75, 3.05) is 0 Å². The van der Waals surface area contributed by atoms with Crippen LogP contribution in [0.1, 0.15) is 359 Å². The summed E-state index contributed by atoms with van der Waals surface area (Å²) in [6, 6.07) is 17.8. The van der Waals surface area contributed by atoms with Crippen molar-refractivity contribution in [2.45, 2.75) is 361 Å². The van der Waals surface area contributed by atoms with E-state index in [0.29, 0.717) is 0 Å². The fourth-order valence-electron chi connectivity index (χ4n) is 11.2. The molecule has 0 unspecified atom stereocenters. The molecule has 434 valence electrons. The van der Waals surface area contributed by atoms with Gasteiger partial charge in [0.1, 0.15) is 0 Å². The zero-order valence-electron chi connectivity index (χ0n) is 51.2. The van der Waals surface area contributed by atoms with Crippen LogP contribution in [-0.4, -0.2) is 4.70 Å². The number of allylic oxidation sites excluding steroid dienone is 2. The second-order valence-corrected chi connectivity index (χ2v) is 24.8. The molecule has 2 aromatic rings. The van der Waals surface area contributed by atoms with Gasteiger partial charge < -0.3 is 5.53 Å². The average molecular weight is 1080 g/mol. The van der Waals surface area contributed by atoms with Crippen molar-refractivity contribution in [2.24, 2.45) is 0 Å². The van der Waals surface area contributed by atoms with Crippen LogP contribution in [0, 0.1) is 0 Å². The van der Waals surface area contributed by atoms with Gasteiger partial charge in [0.15, 0.2) is 0 Å². The summed E-state index contributed by atoms with van der Waals surface area (Å²) >= 11 is 2.05. The molecule has 0 saturated heterocycles. The SMILES string of the molecule is CCCCCCC1=C(c2cccc(CCCC)c2)[N+](=[N-])C(c2cccc(CCCC)c2)=C1CCCC.CCCCCCCCCCCCCCCCCC[CH2][Ni][CH2]CCCCCCCCCCCCCCCCCC. The Labute approximate surface area is 475 Å². The molecule has 0 bridgehead atoms. The Bertz CT molecular complexity index is 1630. The van der Waals surface area contributed by atoms with Crippen molar-refractivity contribution >= 4 is 11.4 Å². The van der Waals surface area contributed by atoms with Crippen LogP contribution in [0.25, 0.3) is 16.9 Å². The first-order valence-electron chi connectivity index (χ1n) is 33.6. The van der Waals surface area contributed by atoms with Gasteiger partial charge in [-0.15, -0.1) is 0 Å². The van der Waals surface area contributed by atoms with Crippen molar-refractivity contribution < 1.29 is 19.1 Å². The van der Waals surface area contributed by atoms with E-state index in [1.807, 2.05) is 14.4 Å². The van der Waals surface area contributed by atoms with Crippen molar-refractivity contribution in [3.63, 3.8) is 0 Å². The van der Waals surface area contributed by atoms with Crippen LogP contribution in [0.5, 0.6) is 0 Å². The second kappa shape index (κ2) is 51.5. The van der Waals surface area contributed by atoms with E-state index >= 15 is 0 Å². The number of aryl methyl sites for hydroxylation is 2. The van der Waals surface area contributed by atoms with Crippen LogP contribution in [0.15, 0.2) is 59.7 Å². The minimum absolute atomic E-state index is 1.02. The summed E-state index contributed by atoms with van der Waals surface area (Å²) in [5.74, 6) is 0. The summed E-state index contributed by atoms with van der Waals surface area (Å²) in [5, 5.41) is 2.87. The van der Waals surface area contributed by atoms with Crippen LogP contribution in [-0.2, 0) is 27.3 Å². The van der Waals surface area contributed by atoms with E-state index in [-0.39, 0.29) is 0 Å². The maximum absolute atomic E-state index is 11.8. The predicted octanol–water partition coefficient (Wildman–Crippen LogP) is 25.9. The van der Waals surface area contributed by atoms with Crippen LogP contribution in [0.4, 0.5) is 0 Å². The number of unbranched alkanes of at least 4 members (excludes halogenated alkanes) is 38. The maximum atomic E-state index is 11.8. The van der Waals surface area contributed by atoms with Gasteiger partial charge in [0.05, 0.1) is 0 Å². The fraction of sp³-hybridized carbons (Fsp3) is 0.778. The zero-order chi connectivity index (χ0) is 53.9. The average Bonchev–Trinajstić information content (AvgIpc) is 3.71. The van der Waals surface area contributed by atoms with Crippen molar-refractivity contribution in [3.05, 3.63) is 87.5 Å². The molecule has 0 aliphatic carbocycles. The zero-order valence-corrected chi connectivity index (χ0v) is 52.2. The smallest absolute Gasteiger partial charge is 0.0654 e. The van der Waals surface area contributed by atoms with Gasteiger partial charge in [0.25, 0.3) is 0 Å². The van der Waals surface area contributed by atoms with Gasteiger partial charge in [-0.1, -0.05) is 181 Å². The normalized spacial score (nSPS) is 12.7. The molecule has 0 saturated carbocycles. The molecule has 0 fully saturated rings. The summed E-state index contributed by atoms with van der Waals surface area (Å²) in [5.41, 5.74) is 21.6. The van der Waals surface area contributed by atoms with Crippen LogP contribution in [0.3, 0.4) is 0 Å².